The van der Waals surface area contributed by atoms with Crippen molar-refractivity contribution in [3.8, 4) is 0 Å². The number of Topliss-reactive ketones (excluding diaryl/α,β-unsaturated/α-hetero) is 1. The van der Waals surface area contributed by atoms with Gasteiger partial charge < -0.3 is 10.2 Å². The van der Waals surface area contributed by atoms with Crippen LogP contribution < -0.4 is 0 Å². The molecule has 4 heteroatoms. The van der Waals surface area contributed by atoms with Gasteiger partial charge in [0.25, 0.3) is 0 Å². The van der Waals surface area contributed by atoms with Gasteiger partial charge in [0.2, 0.25) is 0 Å². The van der Waals surface area contributed by atoms with E-state index in [0.29, 0.717) is 12.0 Å². The lowest BCUT2D eigenvalue weighted by molar-refractivity contribution is -0.137. The van der Waals surface area contributed by atoms with Gasteiger partial charge in [0.05, 0.1) is 6.10 Å². The van der Waals surface area contributed by atoms with Crippen LogP contribution in [0.4, 0.5) is 0 Å². The van der Waals surface area contributed by atoms with Crippen molar-refractivity contribution >= 4 is 11.8 Å². The van der Waals surface area contributed by atoms with E-state index in [1.807, 2.05) is 6.08 Å². The minimum Gasteiger partial charge on any atom is -0.481 e. The van der Waals surface area contributed by atoms with E-state index in [-0.39, 0.29) is 18.6 Å². The molecule has 0 spiro atoms. The van der Waals surface area contributed by atoms with E-state index in [4.69, 9.17) is 5.11 Å². The van der Waals surface area contributed by atoms with Crippen LogP contribution in [0.3, 0.4) is 0 Å². The van der Waals surface area contributed by atoms with Gasteiger partial charge in [0, 0.05) is 18.4 Å². The lowest BCUT2D eigenvalue weighted by Crippen LogP contribution is -2.00. The smallest absolute Gasteiger partial charge is 0.303 e. The molecule has 1 unspecified atom stereocenters. The van der Waals surface area contributed by atoms with E-state index in [0.717, 1.165) is 19.3 Å². The Kier molecular flexibility index (Phi) is 5.63. The maximum atomic E-state index is 11.3. The Balaban J connectivity index is 2.12. The van der Waals surface area contributed by atoms with Crippen LogP contribution in [-0.4, -0.2) is 28.1 Å². The second kappa shape index (κ2) is 7.01. The molecule has 4 nitrogen and oxygen atoms in total. The van der Waals surface area contributed by atoms with Gasteiger partial charge in [-0.05, 0) is 25.3 Å². The van der Waals surface area contributed by atoms with E-state index in [9.17, 15) is 14.7 Å². The quantitative estimate of drug-likeness (QED) is 0.664. The molecule has 0 heterocycles. The summed E-state index contributed by atoms with van der Waals surface area (Å²) in [6.45, 7) is 0. The number of rotatable bonds is 7. The zero-order valence-electron chi connectivity index (χ0n) is 9.76. The number of ketones is 1. The standard InChI is InChI=1S/C13H18O4/c14-11-8-10(12(15)9-11)6-4-2-1-3-5-7-13(16)17/h4,6,8,11,14H,1-3,5,7,9H2,(H,16,17). The molecule has 1 aliphatic carbocycles. The summed E-state index contributed by atoms with van der Waals surface area (Å²) < 4.78 is 0. The van der Waals surface area contributed by atoms with Gasteiger partial charge in [-0.15, -0.1) is 0 Å². The zero-order chi connectivity index (χ0) is 12.7. The first kappa shape index (κ1) is 13.6. The summed E-state index contributed by atoms with van der Waals surface area (Å²) >= 11 is 0. The minimum atomic E-state index is -0.753. The van der Waals surface area contributed by atoms with E-state index in [1.54, 1.807) is 12.2 Å². The third-order valence-electron chi connectivity index (χ3n) is 2.65. The number of aliphatic hydroxyl groups excluding tert-OH is 1. The van der Waals surface area contributed by atoms with Crippen LogP contribution >= 0.6 is 0 Å². The molecule has 94 valence electrons. The number of carbonyl (C=O) groups is 2. The lowest BCUT2D eigenvalue weighted by atomic mass is 10.1. The number of hydrogen-bond acceptors (Lipinski definition) is 3. The second-order valence-corrected chi connectivity index (χ2v) is 4.21. The Morgan fingerprint density at radius 1 is 1.41 bits per heavy atom. The predicted octanol–water partition coefficient (Wildman–Crippen LogP) is 1.84. The third kappa shape index (κ3) is 5.45. The second-order valence-electron chi connectivity index (χ2n) is 4.21. The van der Waals surface area contributed by atoms with Crippen molar-refractivity contribution in [1.82, 2.24) is 0 Å². The van der Waals surface area contributed by atoms with Gasteiger partial charge >= 0.3 is 5.97 Å². The summed E-state index contributed by atoms with van der Waals surface area (Å²) in [6.07, 6.45) is 8.35. The van der Waals surface area contributed by atoms with Crippen molar-refractivity contribution in [3.63, 3.8) is 0 Å². The molecule has 17 heavy (non-hydrogen) atoms. The molecule has 0 bridgehead atoms. The Labute approximate surface area is 101 Å². The summed E-state index contributed by atoms with van der Waals surface area (Å²) in [5, 5.41) is 17.6. The molecule has 0 amide bonds. The van der Waals surface area contributed by atoms with E-state index in [1.165, 1.54) is 0 Å². The average Bonchev–Trinajstić information content (AvgIpc) is 2.55. The molecular formula is C13H18O4. The largest absolute Gasteiger partial charge is 0.481 e. The maximum absolute atomic E-state index is 11.3. The molecule has 0 saturated heterocycles. The lowest BCUT2D eigenvalue weighted by Gasteiger charge is -1.95. The van der Waals surface area contributed by atoms with Crippen LogP contribution in [0.25, 0.3) is 0 Å². The van der Waals surface area contributed by atoms with Crippen molar-refractivity contribution in [2.75, 3.05) is 0 Å². The van der Waals surface area contributed by atoms with Gasteiger partial charge in [0.15, 0.2) is 5.78 Å². The maximum Gasteiger partial charge on any atom is 0.303 e. The number of carboxylic acid groups (broad SMARTS) is 1. The van der Waals surface area contributed by atoms with Gasteiger partial charge in [-0.2, -0.15) is 0 Å². The Hall–Kier alpha value is -1.42. The van der Waals surface area contributed by atoms with E-state index in [2.05, 4.69) is 0 Å². The Bertz CT molecular complexity index is 341. The summed E-state index contributed by atoms with van der Waals surface area (Å²) in [5.74, 6) is -0.768. The van der Waals surface area contributed by atoms with Crippen molar-refractivity contribution in [2.45, 2.75) is 44.6 Å². The van der Waals surface area contributed by atoms with Gasteiger partial charge in [0.1, 0.15) is 0 Å². The first-order valence-electron chi connectivity index (χ1n) is 5.91. The first-order chi connectivity index (χ1) is 8.09. The normalized spacial score (nSPS) is 19.9. The number of carbonyl (C=O) groups excluding carboxylic acids is 1. The van der Waals surface area contributed by atoms with Gasteiger partial charge in [-0.25, -0.2) is 0 Å². The number of aliphatic carboxylic acids is 1. The van der Waals surface area contributed by atoms with Crippen LogP contribution in [0.2, 0.25) is 0 Å². The molecule has 0 aromatic carbocycles. The molecule has 0 radical (unpaired) electrons. The summed E-state index contributed by atoms with van der Waals surface area (Å²) in [6, 6.07) is 0. The van der Waals surface area contributed by atoms with Crippen LogP contribution in [0.1, 0.15) is 38.5 Å². The van der Waals surface area contributed by atoms with Crippen molar-refractivity contribution in [1.29, 1.82) is 0 Å². The molecule has 0 saturated carbocycles. The molecule has 0 aliphatic heterocycles. The van der Waals surface area contributed by atoms with Crippen molar-refractivity contribution in [2.24, 2.45) is 0 Å². The molecule has 1 rings (SSSR count). The fraction of sp³-hybridized carbons (Fsp3) is 0.538. The number of carboxylic acids is 1. The van der Waals surface area contributed by atoms with Crippen LogP contribution in [-0.2, 0) is 9.59 Å². The topological polar surface area (TPSA) is 74.6 Å². The fourth-order valence-electron chi connectivity index (χ4n) is 1.74. The van der Waals surface area contributed by atoms with E-state index >= 15 is 0 Å². The third-order valence-corrected chi connectivity index (χ3v) is 2.65. The molecule has 1 aliphatic rings. The zero-order valence-corrected chi connectivity index (χ0v) is 9.76. The molecule has 0 aromatic rings. The first-order valence-corrected chi connectivity index (χ1v) is 5.91. The molecule has 2 N–H and O–H groups in total. The van der Waals surface area contributed by atoms with Crippen LogP contribution in [0.5, 0.6) is 0 Å². The minimum absolute atomic E-state index is 0.0142. The molecule has 0 fully saturated rings. The monoisotopic (exact) mass is 238 g/mol. The molecule has 1 atom stereocenters. The highest BCUT2D eigenvalue weighted by Gasteiger charge is 2.19. The average molecular weight is 238 g/mol. The Morgan fingerprint density at radius 2 is 2.18 bits per heavy atom. The van der Waals surface area contributed by atoms with E-state index < -0.39 is 12.1 Å². The highest BCUT2D eigenvalue weighted by atomic mass is 16.4. The summed E-state index contributed by atoms with van der Waals surface area (Å²) in [5.41, 5.74) is 0.586. The number of hydrogen-bond donors (Lipinski definition) is 2. The summed E-state index contributed by atoms with van der Waals surface area (Å²) in [7, 11) is 0. The van der Waals surface area contributed by atoms with Crippen LogP contribution in [0, 0.1) is 0 Å². The number of unbranched alkanes of at least 4 members (excludes halogenated alkanes) is 3. The number of allylic oxidation sites excluding steroid dienone is 3. The highest BCUT2D eigenvalue weighted by molar-refractivity contribution is 6.00. The van der Waals surface area contributed by atoms with Gasteiger partial charge in [-0.1, -0.05) is 18.6 Å². The fourth-order valence-corrected chi connectivity index (χ4v) is 1.74. The molecular weight excluding hydrogens is 220 g/mol. The highest BCUT2D eigenvalue weighted by Crippen LogP contribution is 2.16. The van der Waals surface area contributed by atoms with Crippen molar-refractivity contribution in [3.05, 3.63) is 23.8 Å². The Morgan fingerprint density at radius 3 is 2.76 bits per heavy atom. The van der Waals surface area contributed by atoms with Crippen LogP contribution in [0.15, 0.2) is 23.8 Å². The summed E-state index contributed by atoms with van der Waals surface area (Å²) in [4.78, 5) is 21.5. The predicted molar refractivity (Wildman–Crippen MR) is 63.6 cm³/mol. The van der Waals surface area contributed by atoms with Gasteiger partial charge in [-0.3, -0.25) is 9.59 Å². The van der Waals surface area contributed by atoms with Crippen molar-refractivity contribution < 1.29 is 19.8 Å². The SMILES string of the molecule is O=C(O)CCCCCC=CC1=CC(O)CC1=O. The number of aliphatic hydroxyl groups is 1. The molecule has 0 aromatic heterocycles.